The van der Waals surface area contributed by atoms with Gasteiger partial charge in [0.05, 0.1) is 21.3 Å². The third-order valence-corrected chi connectivity index (χ3v) is 4.38. The maximum Gasteiger partial charge on any atom is 0.256 e. The van der Waals surface area contributed by atoms with Crippen LogP contribution in [0.3, 0.4) is 0 Å². The molecular formula is C14H10Cl2INO. The van der Waals surface area contributed by atoms with E-state index in [0.717, 1.165) is 9.13 Å². The molecule has 0 saturated heterocycles. The van der Waals surface area contributed by atoms with Gasteiger partial charge in [0.1, 0.15) is 0 Å². The van der Waals surface area contributed by atoms with Gasteiger partial charge in [-0.25, -0.2) is 0 Å². The molecular weight excluding hydrogens is 396 g/mol. The number of carbonyl (C=O) groups excluding carboxylic acids is 1. The van der Waals surface area contributed by atoms with Crippen LogP contribution < -0.4 is 5.32 Å². The molecule has 2 rings (SSSR count). The summed E-state index contributed by atoms with van der Waals surface area (Å²) in [5, 5.41) is 3.66. The second-order valence-corrected chi connectivity index (χ2v) is 5.93. The van der Waals surface area contributed by atoms with Gasteiger partial charge < -0.3 is 5.32 Å². The first-order valence-electron chi connectivity index (χ1n) is 5.51. The molecule has 2 aromatic carbocycles. The predicted octanol–water partition coefficient (Wildman–Crippen LogP) is 5.16. The minimum atomic E-state index is -0.223. The Morgan fingerprint density at radius 1 is 1.16 bits per heavy atom. The van der Waals surface area contributed by atoms with E-state index in [4.69, 9.17) is 23.2 Å². The zero-order valence-electron chi connectivity index (χ0n) is 10.0. The van der Waals surface area contributed by atoms with Crippen molar-refractivity contribution in [1.29, 1.82) is 0 Å². The number of hydrogen-bond donors (Lipinski definition) is 1. The van der Waals surface area contributed by atoms with Crippen LogP contribution in [-0.2, 0) is 0 Å². The molecule has 0 atom stereocenters. The molecule has 2 nitrogen and oxygen atoms in total. The van der Waals surface area contributed by atoms with E-state index in [1.165, 1.54) is 0 Å². The summed E-state index contributed by atoms with van der Waals surface area (Å²) in [5.41, 5.74) is 1.91. The molecule has 1 N–H and O–H groups in total. The van der Waals surface area contributed by atoms with Gasteiger partial charge in [0.15, 0.2) is 0 Å². The Bertz CT molecular complexity index is 643. The number of benzene rings is 2. The summed E-state index contributed by atoms with van der Waals surface area (Å²) in [7, 11) is 0. The monoisotopic (exact) mass is 405 g/mol. The Hall–Kier alpha value is -0.780. The van der Waals surface area contributed by atoms with Crippen molar-refractivity contribution in [1.82, 2.24) is 0 Å². The maximum absolute atomic E-state index is 12.2. The smallest absolute Gasteiger partial charge is 0.256 e. The van der Waals surface area contributed by atoms with Crippen molar-refractivity contribution in [3.8, 4) is 0 Å². The molecule has 0 saturated carbocycles. The van der Waals surface area contributed by atoms with Crippen LogP contribution in [0.4, 0.5) is 5.69 Å². The van der Waals surface area contributed by atoms with Crippen LogP contribution in [0.2, 0.25) is 10.0 Å². The van der Waals surface area contributed by atoms with Gasteiger partial charge in [-0.15, -0.1) is 0 Å². The van der Waals surface area contributed by atoms with E-state index in [9.17, 15) is 4.79 Å². The summed E-state index contributed by atoms with van der Waals surface area (Å²) in [6.45, 7) is 1.86. The second-order valence-electron chi connectivity index (χ2n) is 3.99. The van der Waals surface area contributed by atoms with Gasteiger partial charge in [-0.3, -0.25) is 4.79 Å². The fourth-order valence-corrected chi connectivity index (χ4v) is 2.69. The van der Waals surface area contributed by atoms with Crippen molar-refractivity contribution >= 4 is 57.4 Å². The van der Waals surface area contributed by atoms with Gasteiger partial charge in [0, 0.05) is 3.57 Å². The number of aryl methyl sites for hydroxylation is 1. The van der Waals surface area contributed by atoms with Crippen LogP contribution in [-0.4, -0.2) is 5.91 Å². The molecule has 0 aliphatic heterocycles. The Morgan fingerprint density at radius 2 is 1.84 bits per heavy atom. The fraction of sp³-hybridized carbons (Fsp3) is 0.0714. The third kappa shape index (κ3) is 3.22. The van der Waals surface area contributed by atoms with Crippen LogP contribution in [0.25, 0.3) is 0 Å². The number of halogens is 3. The fourth-order valence-electron chi connectivity index (χ4n) is 1.60. The van der Waals surface area contributed by atoms with Gasteiger partial charge in [-0.2, -0.15) is 0 Å². The van der Waals surface area contributed by atoms with Gasteiger partial charge >= 0.3 is 0 Å². The average molecular weight is 406 g/mol. The van der Waals surface area contributed by atoms with Crippen LogP contribution >= 0.6 is 45.8 Å². The highest BCUT2D eigenvalue weighted by Gasteiger charge is 2.14. The molecule has 0 radical (unpaired) electrons. The predicted molar refractivity (Wildman–Crippen MR) is 88.3 cm³/mol. The van der Waals surface area contributed by atoms with E-state index < -0.39 is 0 Å². The van der Waals surface area contributed by atoms with Crippen molar-refractivity contribution in [3.05, 3.63) is 61.1 Å². The first-order chi connectivity index (χ1) is 9.00. The SMILES string of the molecule is Cc1ccc(Cl)c(NC(=O)c2ccccc2I)c1Cl. The van der Waals surface area contributed by atoms with Crippen LogP contribution in [0.5, 0.6) is 0 Å². The normalized spacial score (nSPS) is 10.3. The van der Waals surface area contributed by atoms with E-state index in [-0.39, 0.29) is 5.91 Å². The van der Waals surface area contributed by atoms with Gasteiger partial charge in [0.2, 0.25) is 0 Å². The lowest BCUT2D eigenvalue weighted by Crippen LogP contribution is -2.14. The van der Waals surface area contributed by atoms with E-state index in [2.05, 4.69) is 27.9 Å². The van der Waals surface area contributed by atoms with Crippen molar-refractivity contribution in [3.63, 3.8) is 0 Å². The molecule has 0 aliphatic carbocycles. The van der Waals surface area contributed by atoms with Gasteiger partial charge in [-0.05, 0) is 53.3 Å². The molecule has 0 unspecified atom stereocenters. The summed E-state index contributed by atoms with van der Waals surface area (Å²) >= 11 is 14.4. The summed E-state index contributed by atoms with van der Waals surface area (Å²) in [4.78, 5) is 12.2. The van der Waals surface area contributed by atoms with E-state index in [1.807, 2.05) is 31.2 Å². The summed E-state index contributed by atoms with van der Waals surface area (Å²) in [6, 6.07) is 10.9. The Morgan fingerprint density at radius 3 is 2.53 bits per heavy atom. The summed E-state index contributed by atoms with van der Waals surface area (Å²) in [5.74, 6) is -0.223. The van der Waals surface area contributed by atoms with Gasteiger partial charge in [0.25, 0.3) is 5.91 Å². The molecule has 19 heavy (non-hydrogen) atoms. The van der Waals surface area contributed by atoms with E-state index >= 15 is 0 Å². The molecule has 1 amide bonds. The Labute approximate surface area is 135 Å². The van der Waals surface area contributed by atoms with Crippen molar-refractivity contribution < 1.29 is 4.79 Å². The first-order valence-corrected chi connectivity index (χ1v) is 7.34. The first kappa shape index (κ1) is 14.6. The molecule has 0 aliphatic rings. The molecule has 0 heterocycles. The third-order valence-electron chi connectivity index (χ3n) is 2.64. The molecule has 5 heteroatoms. The minimum Gasteiger partial charge on any atom is -0.319 e. The van der Waals surface area contributed by atoms with E-state index in [0.29, 0.717) is 21.3 Å². The second kappa shape index (κ2) is 6.11. The number of amides is 1. The summed E-state index contributed by atoms with van der Waals surface area (Å²) < 4.78 is 0.873. The number of rotatable bonds is 2. The number of anilines is 1. The van der Waals surface area contributed by atoms with Crippen molar-refractivity contribution in [2.75, 3.05) is 5.32 Å². The van der Waals surface area contributed by atoms with Crippen LogP contribution in [0.1, 0.15) is 15.9 Å². The molecule has 0 aromatic heterocycles. The van der Waals surface area contributed by atoms with Gasteiger partial charge in [-0.1, -0.05) is 41.4 Å². The summed E-state index contributed by atoms with van der Waals surface area (Å²) in [6.07, 6.45) is 0. The topological polar surface area (TPSA) is 29.1 Å². The standard InChI is InChI=1S/C14H10Cl2INO/c1-8-6-7-10(15)13(12(8)16)18-14(19)9-4-2-3-5-11(9)17/h2-7H,1H3,(H,18,19). The largest absolute Gasteiger partial charge is 0.319 e. The lowest BCUT2D eigenvalue weighted by molar-refractivity contribution is 0.102. The van der Waals surface area contributed by atoms with Crippen molar-refractivity contribution in [2.24, 2.45) is 0 Å². The quantitative estimate of drug-likeness (QED) is 0.687. The van der Waals surface area contributed by atoms with Crippen LogP contribution in [0.15, 0.2) is 36.4 Å². The number of carbonyl (C=O) groups is 1. The molecule has 0 spiro atoms. The average Bonchev–Trinajstić information content (AvgIpc) is 2.39. The minimum absolute atomic E-state index is 0.223. The lowest BCUT2D eigenvalue weighted by atomic mass is 10.2. The van der Waals surface area contributed by atoms with Crippen molar-refractivity contribution in [2.45, 2.75) is 6.92 Å². The lowest BCUT2D eigenvalue weighted by Gasteiger charge is -2.11. The number of nitrogens with one attached hydrogen (secondary N) is 1. The molecule has 2 aromatic rings. The molecule has 98 valence electrons. The van der Waals surface area contributed by atoms with Crippen LogP contribution in [0, 0.1) is 10.5 Å². The highest BCUT2D eigenvalue weighted by Crippen LogP contribution is 2.33. The number of hydrogen-bond acceptors (Lipinski definition) is 1. The van der Waals surface area contributed by atoms with E-state index in [1.54, 1.807) is 12.1 Å². The molecule has 0 fully saturated rings. The zero-order valence-corrected chi connectivity index (χ0v) is 13.7. The Balaban J connectivity index is 2.35. The maximum atomic E-state index is 12.2. The zero-order chi connectivity index (χ0) is 14.0. The highest BCUT2D eigenvalue weighted by atomic mass is 127. The molecule has 0 bridgehead atoms. The highest BCUT2D eigenvalue weighted by molar-refractivity contribution is 14.1. The Kier molecular flexibility index (Phi) is 4.71.